The van der Waals surface area contributed by atoms with Gasteiger partial charge >= 0.3 is 5.97 Å². The van der Waals surface area contributed by atoms with Crippen LogP contribution in [0.1, 0.15) is 22.3 Å². The Morgan fingerprint density at radius 3 is 2.30 bits per heavy atom. The third-order valence-corrected chi connectivity index (χ3v) is 6.87. The molecule has 33 heavy (non-hydrogen) atoms. The highest BCUT2D eigenvalue weighted by Gasteiger charge is 2.59. The van der Waals surface area contributed by atoms with Gasteiger partial charge in [-0.25, -0.2) is 4.79 Å². The van der Waals surface area contributed by atoms with Crippen LogP contribution < -0.4 is 10.2 Å². The van der Waals surface area contributed by atoms with Crippen molar-refractivity contribution in [2.45, 2.75) is 13.3 Å². The first-order chi connectivity index (χ1) is 15.8. The number of benzene rings is 2. The van der Waals surface area contributed by atoms with E-state index < -0.39 is 18.5 Å². The molecule has 0 unspecified atom stereocenters. The molecular formula is C25H21ClN2O5. The first kappa shape index (κ1) is 21.4. The minimum atomic E-state index is -0.683. The molecule has 4 atom stereocenters. The van der Waals surface area contributed by atoms with Gasteiger partial charge in [-0.2, -0.15) is 0 Å². The lowest BCUT2D eigenvalue weighted by atomic mass is 9.85. The summed E-state index contributed by atoms with van der Waals surface area (Å²) in [5.74, 6) is -1.81. The summed E-state index contributed by atoms with van der Waals surface area (Å²) in [5.41, 5.74) is 2.02. The Bertz CT molecular complexity index is 1180. The monoisotopic (exact) mass is 464 g/mol. The highest BCUT2D eigenvalue weighted by molar-refractivity contribution is 6.31. The van der Waals surface area contributed by atoms with E-state index in [9.17, 15) is 19.2 Å². The summed E-state index contributed by atoms with van der Waals surface area (Å²) in [6, 6.07) is 11.2. The zero-order chi connectivity index (χ0) is 23.3. The quantitative estimate of drug-likeness (QED) is 0.413. The molecule has 5 rings (SSSR count). The summed E-state index contributed by atoms with van der Waals surface area (Å²) in [7, 11) is 0. The van der Waals surface area contributed by atoms with Crippen molar-refractivity contribution in [3.63, 3.8) is 0 Å². The zero-order valence-corrected chi connectivity index (χ0v) is 18.5. The predicted octanol–water partition coefficient (Wildman–Crippen LogP) is 3.76. The van der Waals surface area contributed by atoms with Crippen molar-refractivity contribution in [1.82, 2.24) is 0 Å². The Labute approximate surface area is 195 Å². The van der Waals surface area contributed by atoms with Gasteiger partial charge in [0, 0.05) is 10.7 Å². The van der Waals surface area contributed by atoms with Crippen molar-refractivity contribution in [3.8, 4) is 0 Å². The molecule has 2 aliphatic carbocycles. The van der Waals surface area contributed by atoms with E-state index in [1.807, 2.05) is 19.1 Å². The number of hydrogen-bond donors (Lipinski definition) is 1. The minimum absolute atomic E-state index is 0.137. The molecule has 1 heterocycles. The second kappa shape index (κ2) is 8.15. The number of anilines is 2. The molecule has 1 aliphatic heterocycles. The molecule has 0 aromatic heterocycles. The van der Waals surface area contributed by atoms with Crippen LogP contribution in [0.15, 0.2) is 54.6 Å². The normalized spacial score (nSPS) is 24.8. The Hall–Kier alpha value is -3.45. The maximum absolute atomic E-state index is 12.9. The summed E-state index contributed by atoms with van der Waals surface area (Å²) in [4.78, 5) is 51.6. The first-order valence-electron chi connectivity index (χ1n) is 10.7. The number of fused-ring (bicyclic) bond motifs is 5. The third kappa shape index (κ3) is 3.72. The predicted molar refractivity (Wildman–Crippen MR) is 122 cm³/mol. The highest BCUT2D eigenvalue weighted by Crippen LogP contribution is 2.53. The molecule has 2 bridgehead atoms. The largest absolute Gasteiger partial charge is 0.452 e. The Morgan fingerprint density at radius 2 is 1.67 bits per heavy atom. The Morgan fingerprint density at radius 1 is 1.03 bits per heavy atom. The van der Waals surface area contributed by atoms with Crippen LogP contribution >= 0.6 is 11.6 Å². The second-order valence-electron chi connectivity index (χ2n) is 8.64. The second-order valence-corrected chi connectivity index (χ2v) is 9.08. The molecule has 8 heteroatoms. The van der Waals surface area contributed by atoms with E-state index in [1.165, 1.54) is 17.0 Å². The van der Waals surface area contributed by atoms with Gasteiger partial charge in [0.15, 0.2) is 6.61 Å². The fourth-order valence-electron chi connectivity index (χ4n) is 5.03. The maximum atomic E-state index is 12.9. The van der Waals surface area contributed by atoms with Crippen molar-refractivity contribution in [1.29, 1.82) is 0 Å². The molecule has 3 amide bonds. The number of halogens is 1. The lowest BCUT2D eigenvalue weighted by Gasteiger charge is -2.17. The van der Waals surface area contributed by atoms with Crippen LogP contribution in [0.25, 0.3) is 0 Å². The number of esters is 1. The number of imide groups is 1. The first-order valence-corrected chi connectivity index (χ1v) is 11.1. The number of aryl methyl sites for hydroxylation is 1. The molecule has 1 saturated heterocycles. The number of allylic oxidation sites excluding steroid dienone is 2. The highest BCUT2D eigenvalue weighted by atomic mass is 35.5. The summed E-state index contributed by atoms with van der Waals surface area (Å²) < 4.78 is 5.10. The van der Waals surface area contributed by atoms with Gasteiger partial charge in [0.2, 0.25) is 11.8 Å². The van der Waals surface area contributed by atoms with Crippen LogP contribution in [0.4, 0.5) is 11.4 Å². The van der Waals surface area contributed by atoms with E-state index in [1.54, 1.807) is 30.3 Å². The Kier molecular flexibility index (Phi) is 5.29. The van der Waals surface area contributed by atoms with E-state index in [0.29, 0.717) is 16.4 Å². The molecule has 0 spiro atoms. The van der Waals surface area contributed by atoms with E-state index in [4.69, 9.17) is 16.3 Å². The average Bonchev–Trinajstić information content (AvgIpc) is 3.48. The van der Waals surface area contributed by atoms with Crippen LogP contribution in [0.2, 0.25) is 5.02 Å². The van der Waals surface area contributed by atoms with Gasteiger partial charge in [0.25, 0.3) is 5.91 Å². The lowest BCUT2D eigenvalue weighted by molar-refractivity contribution is -0.123. The van der Waals surface area contributed by atoms with E-state index in [0.717, 1.165) is 12.0 Å². The van der Waals surface area contributed by atoms with Crippen LogP contribution in [0.5, 0.6) is 0 Å². The molecule has 168 valence electrons. The van der Waals surface area contributed by atoms with Gasteiger partial charge in [-0.3, -0.25) is 19.3 Å². The maximum Gasteiger partial charge on any atom is 0.338 e. The number of ether oxygens (including phenoxy) is 1. The van der Waals surface area contributed by atoms with Crippen LogP contribution in [0, 0.1) is 30.6 Å². The summed E-state index contributed by atoms with van der Waals surface area (Å²) in [6.45, 7) is 1.36. The zero-order valence-electron chi connectivity index (χ0n) is 17.8. The van der Waals surface area contributed by atoms with Gasteiger partial charge in [-0.1, -0.05) is 29.8 Å². The molecule has 7 nitrogen and oxygen atoms in total. The number of amides is 3. The summed E-state index contributed by atoms with van der Waals surface area (Å²) in [5, 5.41) is 3.14. The smallest absolute Gasteiger partial charge is 0.338 e. The number of nitrogens with one attached hydrogen (secondary N) is 1. The van der Waals surface area contributed by atoms with Crippen molar-refractivity contribution >= 4 is 46.7 Å². The van der Waals surface area contributed by atoms with Crippen molar-refractivity contribution in [2.24, 2.45) is 23.7 Å². The van der Waals surface area contributed by atoms with E-state index in [-0.39, 0.29) is 41.0 Å². The molecule has 0 radical (unpaired) electrons. The standard InChI is InChI=1S/C25H21ClN2O5/c1-13-2-7-17(26)11-19(13)27-20(29)12-33-25(32)14-5-8-18(9-6-14)28-23(30)21-15-3-4-16(10-15)22(21)24(28)31/h2-9,11,15-16,21-22H,10,12H2,1H3,(H,27,29)/t15-,16-,21-,22+/m0/s1. The summed E-state index contributed by atoms with van der Waals surface area (Å²) in [6.07, 6.45) is 4.96. The average molecular weight is 465 g/mol. The fraction of sp³-hybridized carbons (Fsp3) is 0.280. The Balaban J connectivity index is 1.21. The van der Waals surface area contributed by atoms with Crippen LogP contribution in [0.3, 0.4) is 0 Å². The van der Waals surface area contributed by atoms with Crippen molar-refractivity contribution in [3.05, 3.63) is 70.8 Å². The molecule has 1 N–H and O–H groups in total. The number of carbonyl (C=O) groups excluding carboxylic acids is 4. The van der Waals surface area contributed by atoms with Crippen LogP contribution in [-0.2, 0) is 19.1 Å². The third-order valence-electron chi connectivity index (χ3n) is 6.64. The molecule has 2 fully saturated rings. The number of hydrogen-bond acceptors (Lipinski definition) is 5. The van der Waals surface area contributed by atoms with Gasteiger partial charge in [0.1, 0.15) is 0 Å². The number of nitrogens with zero attached hydrogens (tertiary/aromatic N) is 1. The fourth-order valence-corrected chi connectivity index (χ4v) is 5.21. The van der Waals surface area contributed by atoms with E-state index >= 15 is 0 Å². The molecule has 3 aliphatic rings. The van der Waals surface area contributed by atoms with Gasteiger partial charge in [-0.15, -0.1) is 0 Å². The topological polar surface area (TPSA) is 92.8 Å². The molecular weight excluding hydrogens is 444 g/mol. The number of rotatable bonds is 5. The molecule has 2 aromatic rings. The summed E-state index contributed by atoms with van der Waals surface area (Å²) >= 11 is 5.95. The molecule has 1 saturated carbocycles. The molecule has 2 aromatic carbocycles. The lowest BCUT2D eigenvalue weighted by Crippen LogP contribution is -2.32. The van der Waals surface area contributed by atoms with E-state index in [2.05, 4.69) is 5.32 Å². The van der Waals surface area contributed by atoms with Crippen molar-refractivity contribution in [2.75, 3.05) is 16.8 Å². The van der Waals surface area contributed by atoms with Crippen molar-refractivity contribution < 1.29 is 23.9 Å². The van der Waals surface area contributed by atoms with Gasteiger partial charge < -0.3 is 10.1 Å². The van der Waals surface area contributed by atoms with Crippen LogP contribution in [-0.4, -0.2) is 30.3 Å². The van der Waals surface area contributed by atoms with Gasteiger partial charge in [-0.05, 0) is 67.1 Å². The van der Waals surface area contributed by atoms with Gasteiger partial charge in [0.05, 0.1) is 23.1 Å². The SMILES string of the molecule is Cc1ccc(Cl)cc1NC(=O)COC(=O)c1ccc(N2C(=O)[C@@H]3[C@H](C2=O)[C@H]2C=C[C@H]3C2)cc1. The minimum Gasteiger partial charge on any atom is -0.452 e. The number of carbonyl (C=O) groups is 4.